The zero-order valence-electron chi connectivity index (χ0n) is 19.1. The molecule has 0 saturated carbocycles. The summed E-state index contributed by atoms with van der Waals surface area (Å²) in [5, 5.41) is 5.03. The number of rotatable bonds is 7. The average molecular weight is 484 g/mol. The van der Waals surface area contributed by atoms with Gasteiger partial charge < -0.3 is 23.2 Å². The third-order valence-electron chi connectivity index (χ3n) is 5.42. The van der Waals surface area contributed by atoms with Crippen LogP contribution in [-0.4, -0.2) is 18.2 Å². The van der Waals surface area contributed by atoms with Crippen LogP contribution < -0.4 is 15.1 Å². The molecule has 0 aliphatic rings. The molecular formula is C25H22ClNO7. The number of nitrogens with zero attached hydrogens (tertiary/aromatic N) is 1. The highest BCUT2D eigenvalue weighted by Gasteiger charge is 2.16. The fourth-order valence-corrected chi connectivity index (χ4v) is 3.63. The van der Waals surface area contributed by atoms with Gasteiger partial charge in [-0.1, -0.05) is 16.8 Å². The summed E-state index contributed by atoms with van der Waals surface area (Å²) in [6.07, 6.45) is 0. The first-order chi connectivity index (χ1) is 16.3. The van der Waals surface area contributed by atoms with E-state index in [1.54, 1.807) is 24.3 Å². The Morgan fingerprint density at radius 2 is 1.85 bits per heavy atom. The fourth-order valence-electron chi connectivity index (χ4n) is 3.47. The van der Waals surface area contributed by atoms with Gasteiger partial charge in [-0.15, -0.1) is 0 Å². The van der Waals surface area contributed by atoms with Gasteiger partial charge in [0.25, 0.3) is 0 Å². The van der Waals surface area contributed by atoms with Crippen LogP contribution in [0.1, 0.15) is 38.5 Å². The summed E-state index contributed by atoms with van der Waals surface area (Å²) in [5.74, 6) is 0.913. The molecule has 9 heteroatoms. The molecule has 0 unspecified atom stereocenters. The van der Waals surface area contributed by atoms with Gasteiger partial charge in [-0.05, 0) is 56.7 Å². The van der Waals surface area contributed by atoms with Crippen LogP contribution in [0.4, 0.5) is 0 Å². The van der Waals surface area contributed by atoms with E-state index < -0.39 is 11.6 Å². The number of hydrogen-bond donors (Lipinski definition) is 0. The van der Waals surface area contributed by atoms with E-state index in [0.717, 1.165) is 16.8 Å². The van der Waals surface area contributed by atoms with Crippen molar-refractivity contribution < 1.29 is 27.9 Å². The smallest absolute Gasteiger partial charge is 0.338 e. The number of benzene rings is 2. The number of ether oxygens (including phenoxy) is 3. The number of fused-ring (bicyclic) bond motifs is 1. The molecular weight excluding hydrogens is 462 g/mol. The molecule has 0 bridgehead atoms. The van der Waals surface area contributed by atoms with E-state index in [-0.39, 0.29) is 18.8 Å². The topological polar surface area (TPSA) is 101 Å². The number of aromatic nitrogens is 1. The molecule has 0 aliphatic heterocycles. The molecule has 176 valence electrons. The third-order valence-corrected chi connectivity index (χ3v) is 5.83. The normalized spacial score (nSPS) is 11.0. The second-order valence-corrected chi connectivity index (χ2v) is 8.13. The van der Waals surface area contributed by atoms with E-state index in [2.05, 4.69) is 5.16 Å². The van der Waals surface area contributed by atoms with Crippen molar-refractivity contribution in [2.75, 3.05) is 7.11 Å². The second kappa shape index (κ2) is 9.61. The Morgan fingerprint density at radius 3 is 2.56 bits per heavy atom. The first kappa shape index (κ1) is 23.4. The summed E-state index contributed by atoms with van der Waals surface area (Å²) < 4.78 is 27.1. The van der Waals surface area contributed by atoms with E-state index in [9.17, 15) is 9.59 Å². The van der Waals surface area contributed by atoms with Gasteiger partial charge in [0.05, 0.1) is 23.9 Å². The van der Waals surface area contributed by atoms with Crippen LogP contribution >= 0.6 is 11.6 Å². The highest BCUT2D eigenvalue weighted by atomic mass is 35.5. The van der Waals surface area contributed by atoms with E-state index in [4.69, 9.17) is 34.8 Å². The summed E-state index contributed by atoms with van der Waals surface area (Å²) in [6.45, 7) is 5.56. The van der Waals surface area contributed by atoms with Crippen LogP contribution in [0.25, 0.3) is 11.0 Å². The van der Waals surface area contributed by atoms with E-state index in [0.29, 0.717) is 38.8 Å². The molecule has 0 aliphatic carbocycles. The van der Waals surface area contributed by atoms with Gasteiger partial charge in [-0.3, -0.25) is 0 Å². The Labute approximate surface area is 200 Å². The molecule has 34 heavy (non-hydrogen) atoms. The number of carbonyl (C=O) groups is 1. The van der Waals surface area contributed by atoms with Crippen molar-refractivity contribution >= 4 is 28.5 Å². The molecule has 0 fully saturated rings. The van der Waals surface area contributed by atoms with Crippen LogP contribution in [0.5, 0.6) is 11.5 Å². The molecule has 2 heterocycles. The Balaban J connectivity index is 1.50. The van der Waals surface area contributed by atoms with Crippen molar-refractivity contribution in [3.8, 4) is 11.5 Å². The molecule has 2 aromatic heterocycles. The minimum absolute atomic E-state index is 0.132. The number of methoxy groups -OCH3 is 1. The second-order valence-electron chi connectivity index (χ2n) is 7.72. The predicted molar refractivity (Wildman–Crippen MR) is 125 cm³/mol. The van der Waals surface area contributed by atoms with E-state index in [1.165, 1.54) is 19.2 Å². The van der Waals surface area contributed by atoms with Gasteiger partial charge in [-0.2, -0.15) is 0 Å². The van der Waals surface area contributed by atoms with Crippen LogP contribution in [-0.2, 0) is 18.0 Å². The minimum atomic E-state index is -0.588. The Hall–Kier alpha value is -3.78. The summed E-state index contributed by atoms with van der Waals surface area (Å²) in [7, 11) is 1.48. The molecule has 4 aromatic rings. The maximum absolute atomic E-state index is 12.7. The minimum Gasteiger partial charge on any atom is -0.493 e. The number of halogens is 1. The van der Waals surface area contributed by atoms with Crippen LogP contribution in [0, 0.1) is 20.8 Å². The molecule has 2 aromatic carbocycles. The Kier molecular flexibility index (Phi) is 6.61. The Morgan fingerprint density at radius 1 is 1.06 bits per heavy atom. The van der Waals surface area contributed by atoms with E-state index >= 15 is 0 Å². The first-order valence-corrected chi connectivity index (χ1v) is 10.8. The summed E-state index contributed by atoms with van der Waals surface area (Å²) >= 11 is 6.22. The van der Waals surface area contributed by atoms with Gasteiger partial charge in [0, 0.05) is 22.0 Å². The zero-order valence-corrected chi connectivity index (χ0v) is 19.8. The monoisotopic (exact) mass is 483 g/mol. The van der Waals surface area contributed by atoms with Crippen molar-refractivity contribution in [3.63, 3.8) is 0 Å². The average Bonchev–Trinajstić information content (AvgIpc) is 3.13. The lowest BCUT2D eigenvalue weighted by atomic mass is 10.1. The van der Waals surface area contributed by atoms with Crippen molar-refractivity contribution in [2.45, 2.75) is 34.0 Å². The SMILES string of the molecule is COc1cc(C(=O)OCc2cc(=O)oc3cc(C)c(Cl)cc23)ccc1OCc1c(C)noc1C. The number of esters is 1. The summed E-state index contributed by atoms with van der Waals surface area (Å²) in [4.78, 5) is 24.7. The zero-order chi connectivity index (χ0) is 24.4. The lowest BCUT2D eigenvalue weighted by Gasteiger charge is -2.12. The van der Waals surface area contributed by atoms with Gasteiger partial charge in [0.15, 0.2) is 11.5 Å². The fraction of sp³-hybridized carbons (Fsp3) is 0.240. The first-order valence-electron chi connectivity index (χ1n) is 10.4. The summed E-state index contributed by atoms with van der Waals surface area (Å²) in [6, 6.07) is 9.38. The molecule has 4 rings (SSSR count). The van der Waals surface area contributed by atoms with Crippen LogP contribution in [0.15, 0.2) is 50.1 Å². The van der Waals surface area contributed by atoms with E-state index in [1.807, 2.05) is 20.8 Å². The van der Waals surface area contributed by atoms with Crippen molar-refractivity contribution in [3.05, 3.63) is 85.5 Å². The molecule has 8 nitrogen and oxygen atoms in total. The lowest BCUT2D eigenvalue weighted by molar-refractivity contribution is 0.0473. The maximum atomic E-state index is 12.7. The highest BCUT2D eigenvalue weighted by molar-refractivity contribution is 6.32. The third kappa shape index (κ3) is 4.77. The largest absolute Gasteiger partial charge is 0.493 e. The van der Waals surface area contributed by atoms with Gasteiger partial charge in [-0.25, -0.2) is 9.59 Å². The molecule has 0 radical (unpaired) electrons. The van der Waals surface area contributed by atoms with Gasteiger partial charge in [0.2, 0.25) is 0 Å². The van der Waals surface area contributed by atoms with Crippen molar-refractivity contribution in [1.82, 2.24) is 5.16 Å². The molecule has 0 atom stereocenters. The lowest BCUT2D eigenvalue weighted by Crippen LogP contribution is -2.08. The Bertz CT molecular complexity index is 1420. The highest BCUT2D eigenvalue weighted by Crippen LogP contribution is 2.30. The summed E-state index contributed by atoms with van der Waals surface area (Å²) in [5.41, 5.74) is 2.96. The number of carbonyl (C=O) groups excluding carboxylic acids is 1. The van der Waals surface area contributed by atoms with Gasteiger partial charge >= 0.3 is 11.6 Å². The van der Waals surface area contributed by atoms with Crippen molar-refractivity contribution in [1.29, 1.82) is 0 Å². The number of aryl methyl sites for hydroxylation is 3. The van der Waals surface area contributed by atoms with Crippen LogP contribution in [0.2, 0.25) is 5.02 Å². The van der Waals surface area contributed by atoms with Crippen molar-refractivity contribution in [2.24, 2.45) is 0 Å². The standard InChI is InChI=1S/C25H22ClNO7/c1-13-7-22-18(10-20(13)26)17(9-24(28)33-22)11-32-25(29)16-5-6-21(23(8-16)30-4)31-12-19-14(2)27-34-15(19)3/h5-10H,11-12H2,1-4H3. The maximum Gasteiger partial charge on any atom is 0.338 e. The van der Waals surface area contributed by atoms with Crippen LogP contribution in [0.3, 0.4) is 0 Å². The quantitative estimate of drug-likeness (QED) is 0.257. The predicted octanol–water partition coefficient (Wildman–Crippen LogP) is 5.30. The molecule has 0 amide bonds. The molecule has 0 saturated heterocycles. The van der Waals surface area contributed by atoms with Gasteiger partial charge in [0.1, 0.15) is 24.6 Å². The molecule has 0 spiro atoms. The number of hydrogen-bond acceptors (Lipinski definition) is 8. The molecule has 0 N–H and O–H groups in total.